The number of hydrogen-bond donors (Lipinski definition) is 2. The second-order valence-corrected chi connectivity index (χ2v) is 4.85. The number of anilines is 1. The molecule has 0 saturated carbocycles. The van der Waals surface area contributed by atoms with Crippen LogP contribution in [0.5, 0.6) is 0 Å². The van der Waals surface area contributed by atoms with Crippen LogP contribution in [-0.4, -0.2) is 15.2 Å². The Morgan fingerprint density at radius 2 is 2.12 bits per heavy atom. The first-order chi connectivity index (χ1) is 8.08. The van der Waals surface area contributed by atoms with Gasteiger partial charge in [0.15, 0.2) is 0 Å². The van der Waals surface area contributed by atoms with E-state index in [-0.39, 0.29) is 0 Å². The molecule has 2 aromatic rings. The number of pyridine rings is 1. The van der Waals surface area contributed by atoms with Gasteiger partial charge in [0.2, 0.25) is 0 Å². The highest BCUT2D eigenvalue weighted by atomic mass is 79.9. The van der Waals surface area contributed by atoms with E-state index in [9.17, 15) is 0 Å². The van der Waals surface area contributed by atoms with Crippen LogP contribution in [0.3, 0.4) is 0 Å². The minimum Gasteiger partial charge on any atom is -0.380 e. The number of nitrogens with zero attached hydrogens (tertiary/aromatic N) is 2. The summed E-state index contributed by atoms with van der Waals surface area (Å²) in [5.41, 5.74) is 5.50. The van der Waals surface area contributed by atoms with Crippen molar-refractivity contribution < 1.29 is 0 Å². The molecule has 0 atom stereocenters. The lowest BCUT2D eigenvalue weighted by atomic mass is 10.2. The maximum Gasteiger partial charge on any atom is 0.109 e. The molecule has 0 aromatic carbocycles. The molecule has 90 valence electrons. The summed E-state index contributed by atoms with van der Waals surface area (Å²) in [6.07, 6.45) is 1.82. The molecule has 0 unspecified atom stereocenters. The van der Waals surface area contributed by atoms with E-state index in [4.69, 9.17) is 0 Å². The number of aromatic nitrogens is 3. The Morgan fingerprint density at radius 1 is 1.35 bits per heavy atom. The number of nitrogens with one attached hydrogen (secondary N) is 2. The van der Waals surface area contributed by atoms with Crippen LogP contribution in [0.2, 0.25) is 0 Å². The highest BCUT2D eigenvalue weighted by Crippen LogP contribution is 2.18. The molecule has 0 bridgehead atoms. The van der Waals surface area contributed by atoms with Crippen LogP contribution in [0.4, 0.5) is 5.69 Å². The lowest BCUT2D eigenvalue weighted by Crippen LogP contribution is -2.02. The van der Waals surface area contributed by atoms with Gasteiger partial charge in [-0.15, -0.1) is 0 Å². The van der Waals surface area contributed by atoms with E-state index in [1.807, 2.05) is 27.0 Å². The summed E-state index contributed by atoms with van der Waals surface area (Å²) in [4.78, 5) is 4.25. The molecule has 0 aliphatic carbocycles. The molecule has 2 N–H and O–H groups in total. The second-order valence-electron chi connectivity index (χ2n) is 4.10. The molecule has 2 aromatic heterocycles. The van der Waals surface area contributed by atoms with Crippen LogP contribution < -0.4 is 5.32 Å². The predicted molar refractivity (Wildman–Crippen MR) is 72.1 cm³/mol. The van der Waals surface area contributed by atoms with Crippen molar-refractivity contribution in [3.8, 4) is 0 Å². The maximum absolute atomic E-state index is 4.25. The second kappa shape index (κ2) is 4.87. The summed E-state index contributed by atoms with van der Waals surface area (Å²) in [5.74, 6) is 0. The average molecular weight is 295 g/mol. The van der Waals surface area contributed by atoms with Crippen molar-refractivity contribution in [1.29, 1.82) is 0 Å². The summed E-state index contributed by atoms with van der Waals surface area (Å²) in [6, 6.07) is 2.07. The third-order valence-corrected chi connectivity index (χ3v) is 3.59. The molecule has 0 radical (unpaired) electrons. The SMILES string of the molecule is Cc1cc(NCc2c(C)n[nH]c2C)cnc1Br. The fourth-order valence-corrected chi connectivity index (χ4v) is 1.90. The van der Waals surface area contributed by atoms with Gasteiger partial charge in [0, 0.05) is 17.8 Å². The Kier molecular flexibility index (Phi) is 3.47. The van der Waals surface area contributed by atoms with Gasteiger partial charge in [-0.05, 0) is 48.3 Å². The van der Waals surface area contributed by atoms with Crippen molar-refractivity contribution in [2.24, 2.45) is 0 Å². The van der Waals surface area contributed by atoms with Crippen LogP contribution in [0.1, 0.15) is 22.5 Å². The summed E-state index contributed by atoms with van der Waals surface area (Å²) >= 11 is 3.39. The third-order valence-electron chi connectivity index (χ3n) is 2.76. The van der Waals surface area contributed by atoms with Crippen LogP contribution in [0.25, 0.3) is 0 Å². The zero-order chi connectivity index (χ0) is 12.4. The van der Waals surface area contributed by atoms with E-state index in [1.165, 1.54) is 5.56 Å². The van der Waals surface area contributed by atoms with Gasteiger partial charge in [0.1, 0.15) is 4.60 Å². The van der Waals surface area contributed by atoms with Gasteiger partial charge in [-0.2, -0.15) is 5.10 Å². The van der Waals surface area contributed by atoms with E-state index in [2.05, 4.69) is 42.5 Å². The van der Waals surface area contributed by atoms with Gasteiger partial charge in [-0.25, -0.2) is 4.98 Å². The van der Waals surface area contributed by atoms with E-state index in [0.717, 1.165) is 33.8 Å². The highest BCUT2D eigenvalue weighted by Gasteiger charge is 2.06. The minimum absolute atomic E-state index is 0.761. The molecular weight excluding hydrogens is 280 g/mol. The predicted octanol–water partition coefficient (Wildman–Crippen LogP) is 3.10. The minimum atomic E-state index is 0.761. The van der Waals surface area contributed by atoms with Crippen LogP contribution in [-0.2, 0) is 6.54 Å². The zero-order valence-corrected chi connectivity index (χ0v) is 11.7. The maximum atomic E-state index is 4.25. The number of aryl methyl sites for hydroxylation is 3. The largest absolute Gasteiger partial charge is 0.380 e. The third kappa shape index (κ3) is 2.66. The lowest BCUT2D eigenvalue weighted by Gasteiger charge is -2.07. The number of halogens is 1. The molecule has 4 nitrogen and oxygen atoms in total. The first kappa shape index (κ1) is 12.1. The molecule has 0 amide bonds. The van der Waals surface area contributed by atoms with Crippen molar-refractivity contribution in [2.75, 3.05) is 5.32 Å². The van der Waals surface area contributed by atoms with E-state index >= 15 is 0 Å². The van der Waals surface area contributed by atoms with Gasteiger partial charge >= 0.3 is 0 Å². The fourth-order valence-electron chi connectivity index (χ4n) is 1.68. The summed E-state index contributed by atoms with van der Waals surface area (Å²) in [6.45, 7) is 6.82. The Hall–Kier alpha value is -1.36. The van der Waals surface area contributed by atoms with Gasteiger partial charge < -0.3 is 5.32 Å². The van der Waals surface area contributed by atoms with Crippen molar-refractivity contribution in [1.82, 2.24) is 15.2 Å². The van der Waals surface area contributed by atoms with Gasteiger partial charge in [0.25, 0.3) is 0 Å². The van der Waals surface area contributed by atoms with E-state index in [1.54, 1.807) is 0 Å². The van der Waals surface area contributed by atoms with Crippen LogP contribution in [0.15, 0.2) is 16.9 Å². The number of hydrogen-bond acceptors (Lipinski definition) is 3. The molecule has 5 heteroatoms. The Bertz CT molecular complexity index is 514. The quantitative estimate of drug-likeness (QED) is 0.855. The Morgan fingerprint density at radius 3 is 2.71 bits per heavy atom. The Balaban J connectivity index is 2.10. The van der Waals surface area contributed by atoms with Crippen LogP contribution >= 0.6 is 15.9 Å². The summed E-state index contributed by atoms with van der Waals surface area (Å²) in [7, 11) is 0. The summed E-state index contributed by atoms with van der Waals surface area (Å²) in [5, 5.41) is 10.5. The lowest BCUT2D eigenvalue weighted by molar-refractivity contribution is 1.02. The summed E-state index contributed by atoms with van der Waals surface area (Å²) < 4.78 is 0.888. The molecule has 17 heavy (non-hydrogen) atoms. The van der Waals surface area contributed by atoms with E-state index in [0.29, 0.717) is 0 Å². The monoisotopic (exact) mass is 294 g/mol. The molecule has 2 heterocycles. The molecule has 0 aliphatic heterocycles. The number of aromatic amines is 1. The van der Waals surface area contributed by atoms with E-state index < -0.39 is 0 Å². The Labute approximate surface area is 109 Å². The fraction of sp³-hybridized carbons (Fsp3) is 0.333. The molecular formula is C12H15BrN4. The standard InChI is InChI=1S/C12H15BrN4/c1-7-4-10(5-15-12(7)13)14-6-11-8(2)16-17-9(11)3/h4-5,14H,6H2,1-3H3,(H,16,17). The molecule has 2 rings (SSSR count). The molecule has 0 fully saturated rings. The molecule has 0 saturated heterocycles. The van der Waals surface area contributed by atoms with Gasteiger partial charge in [0.05, 0.1) is 17.6 Å². The number of H-pyrrole nitrogens is 1. The van der Waals surface area contributed by atoms with Gasteiger partial charge in [-0.1, -0.05) is 0 Å². The average Bonchev–Trinajstić information content (AvgIpc) is 2.61. The molecule has 0 aliphatic rings. The van der Waals surface area contributed by atoms with Crippen molar-refractivity contribution in [3.05, 3.63) is 39.4 Å². The number of rotatable bonds is 3. The zero-order valence-electron chi connectivity index (χ0n) is 10.1. The first-order valence-corrected chi connectivity index (χ1v) is 6.23. The van der Waals surface area contributed by atoms with Crippen LogP contribution in [0, 0.1) is 20.8 Å². The van der Waals surface area contributed by atoms with Gasteiger partial charge in [-0.3, -0.25) is 5.10 Å². The highest BCUT2D eigenvalue weighted by molar-refractivity contribution is 9.10. The van der Waals surface area contributed by atoms with Crippen molar-refractivity contribution in [3.63, 3.8) is 0 Å². The topological polar surface area (TPSA) is 53.6 Å². The first-order valence-electron chi connectivity index (χ1n) is 5.44. The smallest absolute Gasteiger partial charge is 0.109 e. The van der Waals surface area contributed by atoms with Crippen molar-refractivity contribution in [2.45, 2.75) is 27.3 Å². The normalized spacial score (nSPS) is 10.6. The van der Waals surface area contributed by atoms with Crippen molar-refractivity contribution >= 4 is 21.6 Å². The molecule has 0 spiro atoms.